The summed E-state index contributed by atoms with van der Waals surface area (Å²) in [6.07, 6.45) is 0. The lowest BCUT2D eigenvalue weighted by Crippen LogP contribution is -3.61. The average Bonchev–Trinajstić information content (AvgIpc) is 2.82. The number of hydrogen-bond acceptors (Lipinski definition) is 0. The van der Waals surface area contributed by atoms with E-state index >= 15 is 0 Å². The maximum Gasteiger partial charge on any atom is 0.359 e. The molecule has 0 nitrogen and oxygen atoms in total. The van der Waals surface area contributed by atoms with Gasteiger partial charge in [-0.25, -0.2) is 0 Å². The predicted octanol–water partition coefficient (Wildman–Crippen LogP) is 2.48. The van der Waals surface area contributed by atoms with Crippen molar-refractivity contribution in [2.45, 2.75) is 35.1 Å². The molecule has 0 fully saturated rings. The fraction of sp³-hybridized carbons (Fsp3) is 0.294. The van der Waals surface area contributed by atoms with Gasteiger partial charge >= 0.3 is 21.2 Å². The van der Waals surface area contributed by atoms with Gasteiger partial charge in [-0.3, -0.25) is 0 Å². The van der Waals surface area contributed by atoms with Crippen LogP contribution in [0.15, 0.2) is 48.5 Å². The highest BCUT2D eigenvalue weighted by atomic mass is 127. The molecule has 0 amide bonds. The third-order valence-electron chi connectivity index (χ3n) is 2.24. The van der Waals surface area contributed by atoms with E-state index in [1.54, 1.807) is 7.14 Å². The largest absolute Gasteiger partial charge is 0.359 e. The van der Waals surface area contributed by atoms with Gasteiger partial charge in [0.1, 0.15) is 0 Å². The van der Waals surface area contributed by atoms with Crippen LogP contribution in [0.4, 0.5) is 0 Å². The zero-order chi connectivity index (χ0) is 12.7. The third-order valence-corrected chi connectivity index (χ3v) is 5.29. The molecule has 1 aliphatic rings. The van der Waals surface area contributed by atoms with E-state index in [0.29, 0.717) is 0 Å². The molecule has 0 unspecified atom stereocenters. The smallest absolute Gasteiger partial charge is 0.0776 e. The normalized spacial score (nSPS) is 9.56. The Hall–Kier alpha value is -0.830. The van der Waals surface area contributed by atoms with Gasteiger partial charge < -0.3 is 0 Å². The lowest BCUT2D eigenvalue weighted by Gasteiger charge is -1.91. The standard InChI is InChI=1S/C12H8I.2C2H6.CH4/c1-3-7-11-9(5-1)10-6-2-4-8-12(10)13-11;2*1-2;/h1-8H;2*1-2H3;1H4/q+1;;;. The Bertz CT molecular complexity index is 417. The first kappa shape index (κ1) is 17.2. The van der Waals surface area contributed by atoms with Crippen LogP contribution in [0.2, 0.25) is 0 Å². The van der Waals surface area contributed by atoms with Crippen LogP contribution in [-0.2, 0) is 0 Å². The van der Waals surface area contributed by atoms with E-state index in [1.807, 2.05) is 27.7 Å². The van der Waals surface area contributed by atoms with Crippen molar-refractivity contribution in [1.82, 2.24) is 0 Å². The molecule has 0 bridgehead atoms. The molecule has 98 valence electrons. The van der Waals surface area contributed by atoms with E-state index in [0.717, 1.165) is 0 Å². The Kier molecular flexibility index (Phi) is 8.73. The molecule has 0 aliphatic carbocycles. The molecule has 0 atom stereocenters. The van der Waals surface area contributed by atoms with Crippen LogP contribution < -0.4 is 21.2 Å². The van der Waals surface area contributed by atoms with Crippen molar-refractivity contribution < 1.29 is 21.2 Å². The molecule has 0 N–H and O–H groups in total. The summed E-state index contributed by atoms with van der Waals surface area (Å²) < 4.78 is 3.14. The monoisotopic (exact) mass is 355 g/mol. The fourth-order valence-electron chi connectivity index (χ4n) is 1.63. The summed E-state index contributed by atoms with van der Waals surface area (Å²) in [5.41, 5.74) is 2.93. The fourth-order valence-corrected chi connectivity index (χ4v) is 4.56. The van der Waals surface area contributed by atoms with Crippen molar-refractivity contribution >= 4 is 0 Å². The van der Waals surface area contributed by atoms with Crippen LogP contribution in [0.5, 0.6) is 0 Å². The Morgan fingerprint density at radius 2 is 0.944 bits per heavy atom. The second-order valence-corrected chi connectivity index (χ2v) is 5.92. The van der Waals surface area contributed by atoms with E-state index in [1.165, 1.54) is 11.1 Å². The molecule has 0 radical (unpaired) electrons. The van der Waals surface area contributed by atoms with Crippen molar-refractivity contribution in [3.05, 3.63) is 55.7 Å². The van der Waals surface area contributed by atoms with Crippen molar-refractivity contribution in [3.63, 3.8) is 0 Å². The summed E-state index contributed by atoms with van der Waals surface area (Å²) in [4.78, 5) is 0. The summed E-state index contributed by atoms with van der Waals surface area (Å²) in [6.45, 7) is 8.00. The quantitative estimate of drug-likeness (QED) is 0.544. The molecule has 1 heteroatoms. The Morgan fingerprint density at radius 3 is 1.33 bits per heavy atom. The summed E-state index contributed by atoms with van der Waals surface area (Å²) in [5, 5.41) is 0. The van der Waals surface area contributed by atoms with Gasteiger partial charge in [-0.1, -0.05) is 59.4 Å². The molecule has 1 aliphatic heterocycles. The zero-order valence-corrected chi connectivity index (χ0v) is 13.2. The third kappa shape index (κ3) is 3.58. The van der Waals surface area contributed by atoms with Crippen LogP contribution in [0.3, 0.4) is 0 Å². The Morgan fingerprint density at radius 1 is 0.611 bits per heavy atom. The first-order valence-electron chi connectivity index (χ1n) is 6.28. The van der Waals surface area contributed by atoms with Gasteiger partial charge in [0.05, 0.1) is 0 Å². The van der Waals surface area contributed by atoms with Gasteiger partial charge in [0.15, 0.2) is 0 Å². The van der Waals surface area contributed by atoms with Crippen LogP contribution in [0, 0.1) is 7.14 Å². The maximum atomic E-state index is 2.27. The molecule has 1 heterocycles. The highest BCUT2D eigenvalue weighted by Gasteiger charge is 2.31. The van der Waals surface area contributed by atoms with Gasteiger partial charge in [-0.05, 0) is 24.3 Å². The van der Waals surface area contributed by atoms with Gasteiger partial charge in [0.25, 0.3) is 0 Å². The SMILES string of the molecule is C.CC.CC.c1ccc2c(c1)[I+]c1ccccc1-2. The summed E-state index contributed by atoms with van der Waals surface area (Å²) in [6, 6.07) is 17.6. The lowest BCUT2D eigenvalue weighted by atomic mass is 10.1. The summed E-state index contributed by atoms with van der Waals surface area (Å²) >= 11 is 0.103. The summed E-state index contributed by atoms with van der Waals surface area (Å²) in [5.74, 6) is 0. The minimum Gasteiger partial charge on any atom is -0.0776 e. The molecular formula is C17H24I+. The first-order valence-corrected chi connectivity index (χ1v) is 8.44. The number of rotatable bonds is 0. The van der Waals surface area contributed by atoms with E-state index in [4.69, 9.17) is 0 Å². The van der Waals surface area contributed by atoms with Crippen molar-refractivity contribution in [2.24, 2.45) is 0 Å². The molecule has 2 aromatic carbocycles. The highest BCUT2D eigenvalue weighted by molar-refractivity contribution is 5.64. The van der Waals surface area contributed by atoms with Crippen molar-refractivity contribution in [1.29, 1.82) is 0 Å². The molecule has 3 rings (SSSR count). The number of halogens is 1. The average molecular weight is 355 g/mol. The van der Waals surface area contributed by atoms with Crippen LogP contribution in [-0.4, -0.2) is 0 Å². The lowest BCUT2D eigenvalue weighted by molar-refractivity contribution is -0.589. The number of benzene rings is 2. The Balaban J connectivity index is 0.000000531. The van der Waals surface area contributed by atoms with Crippen molar-refractivity contribution in [2.75, 3.05) is 0 Å². The van der Waals surface area contributed by atoms with Crippen LogP contribution in [0.25, 0.3) is 11.1 Å². The van der Waals surface area contributed by atoms with Crippen LogP contribution >= 0.6 is 0 Å². The second-order valence-electron chi connectivity index (χ2n) is 3.05. The maximum absolute atomic E-state index is 2.27. The van der Waals surface area contributed by atoms with E-state index in [2.05, 4.69) is 48.5 Å². The van der Waals surface area contributed by atoms with E-state index in [-0.39, 0.29) is 28.6 Å². The minimum absolute atomic E-state index is 0. The number of hydrogen-bond donors (Lipinski definition) is 0. The number of fused-ring (bicyclic) bond motifs is 3. The summed E-state index contributed by atoms with van der Waals surface area (Å²) in [7, 11) is 0. The minimum atomic E-state index is 0. The van der Waals surface area contributed by atoms with E-state index in [9.17, 15) is 0 Å². The zero-order valence-electron chi connectivity index (χ0n) is 11.0. The first-order chi connectivity index (χ1) is 8.45. The van der Waals surface area contributed by atoms with Crippen LogP contribution in [0.1, 0.15) is 35.1 Å². The molecule has 0 saturated heterocycles. The molecule has 18 heavy (non-hydrogen) atoms. The van der Waals surface area contributed by atoms with Crippen molar-refractivity contribution in [3.8, 4) is 11.1 Å². The highest BCUT2D eigenvalue weighted by Crippen LogP contribution is 2.21. The topological polar surface area (TPSA) is 0 Å². The van der Waals surface area contributed by atoms with E-state index < -0.39 is 0 Å². The van der Waals surface area contributed by atoms with Gasteiger partial charge in [0.2, 0.25) is 7.14 Å². The Labute approximate surface area is 123 Å². The second kappa shape index (κ2) is 9.15. The van der Waals surface area contributed by atoms with Gasteiger partial charge in [-0.15, -0.1) is 0 Å². The molecule has 0 aromatic heterocycles. The predicted molar refractivity (Wildman–Crippen MR) is 78.7 cm³/mol. The molecule has 2 aromatic rings. The molecule has 0 spiro atoms. The van der Waals surface area contributed by atoms with Gasteiger partial charge in [0, 0.05) is 11.1 Å². The molecular weight excluding hydrogens is 331 g/mol. The molecule has 0 saturated carbocycles. The van der Waals surface area contributed by atoms with Gasteiger partial charge in [-0.2, -0.15) is 0 Å².